The topological polar surface area (TPSA) is 69.7 Å². The summed E-state index contributed by atoms with van der Waals surface area (Å²) < 4.78 is 68.7. The van der Waals surface area contributed by atoms with Gasteiger partial charge in [0.05, 0.1) is 23.2 Å². The van der Waals surface area contributed by atoms with Crippen LogP contribution < -0.4 is 4.74 Å². The van der Waals surface area contributed by atoms with Gasteiger partial charge in [0.25, 0.3) is 0 Å². The minimum Gasteiger partial charge on any atom is -0.490 e. The van der Waals surface area contributed by atoms with Crippen molar-refractivity contribution in [2.75, 3.05) is 13.2 Å². The molecule has 2 aliphatic heterocycles. The van der Waals surface area contributed by atoms with Crippen LogP contribution in [0.15, 0.2) is 41.3 Å². The zero-order valence-electron chi connectivity index (χ0n) is 17.4. The number of sulfone groups is 1. The number of ketones is 1. The molecule has 0 spiro atoms. The first-order valence-electron chi connectivity index (χ1n) is 10.3. The molecule has 0 aromatic heterocycles. The Labute approximate surface area is 199 Å². The number of ether oxygens (including phenoxy) is 2. The molecule has 5 nitrogen and oxygen atoms in total. The van der Waals surface area contributed by atoms with E-state index in [4.69, 9.17) is 9.47 Å². The molecule has 1 saturated heterocycles. The first-order valence-corrected chi connectivity index (χ1v) is 13.3. The monoisotopic (exact) mass is 576 g/mol. The van der Waals surface area contributed by atoms with E-state index in [-0.39, 0.29) is 54.5 Å². The molecule has 4 rings (SSSR count). The van der Waals surface area contributed by atoms with Crippen LogP contribution in [0.1, 0.15) is 37.3 Å². The van der Waals surface area contributed by atoms with Crippen molar-refractivity contribution >= 4 is 38.2 Å². The maximum absolute atomic E-state index is 15.3. The van der Waals surface area contributed by atoms with Crippen molar-refractivity contribution in [3.63, 3.8) is 0 Å². The zero-order chi connectivity index (χ0) is 23.1. The number of Topliss-reactive ketones (excluding diaryl/α,β-unsaturated/α-hetero) is 1. The summed E-state index contributed by atoms with van der Waals surface area (Å²) in [4.78, 5) is 11.6. The average Bonchev–Trinajstić information content (AvgIpc) is 2.79. The molecule has 9 heteroatoms. The third-order valence-corrected chi connectivity index (χ3v) is 9.83. The van der Waals surface area contributed by atoms with Crippen LogP contribution >= 0.6 is 22.6 Å². The van der Waals surface area contributed by atoms with Crippen molar-refractivity contribution in [2.24, 2.45) is 5.92 Å². The van der Waals surface area contributed by atoms with Gasteiger partial charge in [-0.1, -0.05) is 34.7 Å². The number of hydrogen-bond donors (Lipinski definition) is 0. The fourth-order valence-corrected chi connectivity index (χ4v) is 7.68. The quantitative estimate of drug-likeness (QED) is 0.368. The molecule has 1 fully saturated rings. The smallest absolute Gasteiger partial charge is 0.189 e. The van der Waals surface area contributed by atoms with E-state index in [1.807, 2.05) is 0 Å². The van der Waals surface area contributed by atoms with Crippen molar-refractivity contribution < 1.29 is 31.5 Å². The molecular weight excluding hydrogens is 553 g/mol. The fraction of sp³-hybridized carbons (Fsp3) is 0.435. The molecule has 3 atom stereocenters. The van der Waals surface area contributed by atoms with Crippen LogP contribution in [0.2, 0.25) is 0 Å². The van der Waals surface area contributed by atoms with Crippen molar-refractivity contribution in [1.29, 1.82) is 0 Å². The molecule has 2 aromatic carbocycles. The van der Waals surface area contributed by atoms with Crippen LogP contribution in [0.3, 0.4) is 0 Å². The van der Waals surface area contributed by atoms with E-state index < -0.39 is 38.2 Å². The van der Waals surface area contributed by atoms with Crippen molar-refractivity contribution in [3.05, 3.63) is 59.2 Å². The second-order valence-electron chi connectivity index (χ2n) is 8.22. The summed E-state index contributed by atoms with van der Waals surface area (Å²) in [5.41, 5.74) is 0.678. The van der Waals surface area contributed by atoms with Crippen LogP contribution in [0.4, 0.5) is 8.78 Å². The van der Waals surface area contributed by atoms with Crippen LogP contribution in [0.25, 0.3) is 0 Å². The van der Waals surface area contributed by atoms with E-state index in [2.05, 4.69) is 22.6 Å². The zero-order valence-corrected chi connectivity index (χ0v) is 20.4. The third-order valence-electron chi connectivity index (χ3n) is 6.39. The van der Waals surface area contributed by atoms with Gasteiger partial charge in [0.1, 0.15) is 16.3 Å². The Bertz CT molecular complexity index is 1140. The van der Waals surface area contributed by atoms with E-state index >= 15 is 4.39 Å². The summed E-state index contributed by atoms with van der Waals surface area (Å²) in [7, 11) is -4.19. The van der Waals surface area contributed by atoms with Crippen molar-refractivity contribution in [3.8, 4) is 5.75 Å². The van der Waals surface area contributed by atoms with Crippen molar-refractivity contribution in [2.45, 2.75) is 46.4 Å². The number of halogens is 3. The van der Waals surface area contributed by atoms with Gasteiger partial charge in [0.2, 0.25) is 0 Å². The predicted molar refractivity (Wildman–Crippen MR) is 123 cm³/mol. The lowest BCUT2D eigenvalue weighted by Crippen LogP contribution is -2.57. The molecule has 172 valence electrons. The normalized spacial score (nSPS) is 24.9. The lowest BCUT2D eigenvalue weighted by molar-refractivity contribution is -0.119. The second-order valence-corrected chi connectivity index (χ2v) is 11.2. The Morgan fingerprint density at radius 3 is 2.50 bits per heavy atom. The highest BCUT2D eigenvalue weighted by molar-refractivity contribution is 14.1. The number of carbonyl (C=O) groups is 1. The van der Waals surface area contributed by atoms with Gasteiger partial charge >= 0.3 is 0 Å². The minimum absolute atomic E-state index is 0.0403. The molecular formula is C23H23F2IO5S. The van der Waals surface area contributed by atoms with Gasteiger partial charge in [0.15, 0.2) is 21.4 Å². The highest BCUT2D eigenvalue weighted by Crippen LogP contribution is 2.56. The second kappa shape index (κ2) is 8.98. The summed E-state index contributed by atoms with van der Waals surface area (Å²) in [6.07, 6.45) is -0.214. The van der Waals surface area contributed by atoms with Gasteiger partial charge in [-0.2, -0.15) is 0 Å². The van der Waals surface area contributed by atoms with Gasteiger partial charge in [-0.3, -0.25) is 0 Å². The molecule has 0 unspecified atom stereocenters. The van der Waals surface area contributed by atoms with Crippen LogP contribution in [-0.4, -0.2) is 33.5 Å². The van der Waals surface area contributed by atoms with Gasteiger partial charge in [-0.25, -0.2) is 17.2 Å². The maximum atomic E-state index is 15.3. The van der Waals surface area contributed by atoms with E-state index in [1.54, 1.807) is 12.1 Å². The summed E-state index contributed by atoms with van der Waals surface area (Å²) >= 11 is 2.18. The Balaban J connectivity index is 1.94. The summed E-state index contributed by atoms with van der Waals surface area (Å²) in [6.45, 7) is 1.34. The maximum Gasteiger partial charge on any atom is 0.189 e. The molecule has 32 heavy (non-hydrogen) atoms. The first-order chi connectivity index (χ1) is 15.2. The summed E-state index contributed by atoms with van der Waals surface area (Å²) in [6, 6.07) is 8.36. The predicted octanol–water partition coefficient (Wildman–Crippen LogP) is 4.74. The molecule has 2 heterocycles. The van der Waals surface area contributed by atoms with Crippen LogP contribution in [0, 0.1) is 17.6 Å². The minimum atomic E-state index is -4.19. The summed E-state index contributed by atoms with van der Waals surface area (Å²) in [5, 5.41) is 0. The molecule has 0 radical (unpaired) electrons. The van der Waals surface area contributed by atoms with E-state index in [0.717, 1.165) is 17.7 Å². The van der Waals surface area contributed by atoms with Gasteiger partial charge in [0, 0.05) is 23.4 Å². The fourth-order valence-electron chi connectivity index (χ4n) is 4.82. The molecule has 0 amide bonds. The van der Waals surface area contributed by atoms with Gasteiger partial charge in [-0.05, 0) is 49.6 Å². The van der Waals surface area contributed by atoms with E-state index in [0.29, 0.717) is 4.43 Å². The van der Waals surface area contributed by atoms with Gasteiger partial charge in [-0.15, -0.1) is 0 Å². The van der Waals surface area contributed by atoms with E-state index in [1.165, 1.54) is 19.1 Å². The highest BCUT2D eigenvalue weighted by atomic mass is 127. The van der Waals surface area contributed by atoms with Crippen LogP contribution in [0.5, 0.6) is 5.75 Å². The van der Waals surface area contributed by atoms with Gasteiger partial charge < -0.3 is 14.3 Å². The largest absolute Gasteiger partial charge is 0.490 e. The number of hydrogen-bond acceptors (Lipinski definition) is 5. The Morgan fingerprint density at radius 1 is 1.16 bits per heavy atom. The number of alkyl halides is 1. The molecule has 0 bridgehead atoms. The Morgan fingerprint density at radius 2 is 1.84 bits per heavy atom. The molecule has 2 aromatic rings. The number of fused-ring (bicyclic) bond motifs is 3. The van der Waals surface area contributed by atoms with E-state index in [9.17, 15) is 17.6 Å². The molecule has 0 aliphatic carbocycles. The molecule has 0 N–H and O–H groups in total. The third kappa shape index (κ3) is 3.75. The Kier molecular flexibility index (Phi) is 6.61. The SMILES string of the molecule is CC(=O)CC[C@@H]1OCC[C@@]2(S(=O)(=O)c3ccc(CI)cc3)c3c(F)ccc(F)c3OC[C@@H]12. The van der Waals surface area contributed by atoms with Crippen LogP contribution in [-0.2, 0) is 28.5 Å². The standard InChI is InChI=1S/C23H23F2IO5S/c1-14(27)2-9-20-17-13-31-22-19(25)8-7-18(24)21(22)23(17,10-11-30-20)32(28,29)16-5-3-15(12-26)4-6-16/h3-8,17,20H,2,9-13H2,1H3/t17-,20-,23-/m0/s1. The molecule has 0 saturated carbocycles. The van der Waals surface area contributed by atoms with Crippen molar-refractivity contribution in [1.82, 2.24) is 0 Å². The lowest BCUT2D eigenvalue weighted by atomic mass is 9.75. The number of benzene rings is 2. The average molecular weight is 576 g/mol. The first kappa shape index (κ1) is 23.6. The lowest BCUT2D eigenvalue weighted by Gasteiger charge is -2.50. The molecule has 2 aliphatic rings. The number of rotatable bonds is 6. The summed E-state index contributed by atoms with van der Waals surface area (Å²) in [5.74, 6) is -2.85. The Hall–Kier alpha value is -1.59. The number of carbonyl (C=O) groups excluding carboxylic acids is 1. The highest BCUT2D eigenvalue weighted by Gasteiger charge is 2.61.